The maximum atomic E-state index is 13.6. The van der Waals surface area contributed by atoms with E-state index >= 15 is 0 Å². The van der Waals surface area contributed by atoms with Gasteiger partial charge in [0.2, 0.25) is 0 Å². The Bertz CT molecular complexity index is 796. The van der Waals surface area contributed by atoms with Crippen LogP contribution in [0, 0.1) is 17.3 Å². The molecule has 3 aliphatic rings. The second kappa shape index (κ2) is 8.43. The van der Waals surface area contributed by atoms with E-state index in [9.17, 15) is 9.59 Å². The van der Waals surface area contributed by atoms with Crippen molar-refractivity contribution in [1.29, 1.82) is 0 Å². The number of benzene rings is 1. The van der Waals surface area contributed by atoms with Crippen LogP contribution in [0.15, 0.2) is 24.3 Å². The Balaban J connectivity index is 1.92. The summed E-state index contributed by atoms with van der Waals surface area (Å²) in [6.07, 6.45) is 6.02. The SMILES string of the molecule is CCCCC1C(CCC)C2(C(C)=O)C(=O)Oc3ccccc3C2CC12OCCCO2. The van der Waals surface area contributed by atoms with Crippen molar-refractivity contribution in [3.8, 4) is 5.75 Å². The lowest BCUT2D eigenvalue weighted by Crippen LogP contribution is -2.66. The van der Waals surface area contributed by atoms with Gasteiger partial charge in [0, 0.05) is 18.3 Å². The number of Topliss-reactive ketones (excluding diaryl/α,β-unsaturated/α-hetero) is 1. The van der Waals surface area contributed by atoms with E-state index in [2.05, 4.69) is 13.8 Å². The fraction of sp³-hybridized carbons (Fsp3) is 0.680. The van der Waals surface area contributed by atoms with Gasteiger partial charge in [-0.1, -0.05) is 51.3 Å². The van der Waals surface area contributed by atoms with Gasteiger partial charge in [-0.2, -0.15) is 0 Å². The summed E-state index contributed by atoms with van der Waals surface area (Å²) in [5.41, 5.74) is -0.238. The highest BCUT2D eigenvalue weighted by Crippen LogP contribution is 2.64. The molecule has 1 aromatic rings. The van der Waals surface area contributed by atoms with Crippen molar-refractivity contribution in [1.82, 2.24) is 0 Å². The van der Waals surface area contributed by atoms with Crippen LogP contribution >= 0.6 is 0 Å². The zero-order valence-corrected chi connectivity index (χ0v) is 18.4. The molecular formula is C25H34O5. The number of esters is 1. The first-order valence-corrected chi connectivity index (χ1v) is 11.6. The third-order valence-corrected chi connectivity index (χ3v) is 7.54. The van der Waals surface area contributed by atoms with E-state index in [0.717, 1.165) is 44.1 Å². The lowest BCUT2D eigenvalue weighted by atomic mass is 9.49. The summed E-state index contributed by atoms with van der Waals surface area (Å²) in [6.45, 7) is 7.18. The average molecular weight is 415 g/mol. The van der Waals surface area contributed by atoms with Gasteiger partial charge in [0.15, 0.2) is 5.79 Å². The highest BCUT2D eigenvalue weighted by molar-refractivity contribution is 6.06. The summed E-state index contributed by atoms with van der Waals surface area (Å²) >= 11 is 0. The van der Waals surface area contributed by atoms with Gasteiger partial charge in [-0.05, 0) is 43.7 Å². The predicted molar refractivity (Wildman–Crippen MR) is 113 cm³/mol. The summed E-state index contributed by atoms with van der Waals surface area (Å²) < 4.78 is 18.7. The number of carbonyl (C=O) groups excluding carboxylic acids is 2. The van der Waals surface area contributed by atoms with Crippen molar-refractivity contribution < 1.29 is 23.8 Å². The molecule has 1 saturated carbocycles. The number of carbonyl (C=O) groups is 2. The molecule has 1 aliphatic carbocycles. The van der Waals surface area contributed by atoms with Gasteiger partial charge >= 0.3 is 5.97 Å². The molecule has 0 amide bonds. The average Bonchev–Trinajstić information content (AvgIpc) is 2.74. The molecule has 4 rings (SSSR count). The van der Waals surface area contributed by atoms with Crippen LogP contribution in [0.5, 0.6) is 5.75 Å². The first kappa shape index (κ1) is 21.5. The van der Waals surface area contributed by atoms with Crippen LogP contribution in [0.3, 0.4) is 0 Å². The molecular weight excluding hydrogens is 380 g/mol. The lowest BCUT2D eigenvalue weighted by molar-refractivity contribution is -0.328. The van der Waals surface area contributed by atoms with Crippen molar-refractivity contribution in [2.45, 2.75) is 77.4 Å². The molecule has 0 aromatic heterocycles. The Morgan fingerprint density at radius 1 is 1.07 bits per heavy atom. The van der Waals surface area contributed by atoms with Crippen molar-refractivity contribution in [3.05, 3.63) is 29.8 Å². The van der Waals surface area contributed by atoms with E-state index in [0.29, 0.717) is 25.4 Å². The minimum Gasteiger partial charge on any atom is -0.425 e. The maximum absolute atomic E-state index is 13.6. The number of hydrogen-bond acceptors (Lipinski definition) is 5. The number of hydrogen-bond donors (Lipinski definition) is 0. The highest BCUT2D eigenvalue weighted by Gasteiger charge is 2.69. The van der Waals surface area contributed by atoms with Crippen molar-refractivity contribution in [2.24, 2.45) is 17.3 Å². The van der Waals surface area contributed by atoms with Crippen LogP contribution in [0.1, 0.15) is 77.2 Å². The Morgan fingerprint density at radius 2 is 1.80 bits per heavy atom. The summed E-state index contributed by atoms with van der Waals surface area (Å²) in [7, 11) is 0. The van der Waals surface area contributed by atoms with Gasteiger partial charge in [0.05, 0.1) is 13.2 Å². The van der Waals surface area contributed by atoms with Crippen molar-refractivity contribution in [3.63, 3.8) is 0 Å². The number of para-hydroxylation sites is 1. The molecule has 1 spiro atoms. The fourth-order valence-electron chi connectivity index (χ4n) is 6.33. The largest absolute Gasteiger partial charge is 0.425 e. The van der Waals surface area contributed by atoms with Gasteiger partial charge in [-0.3, -0.25) is 9.59 Å². The molecule has 0 radical (unpaired) electrons. The van der Waals surface area contributed by atoms with Crippen LogP contribution in [0.2, 0.25) is 0 Å². The molecule has 4 unspecified atom stereocenters. The molecule has 30 heavy (non-hydrogen) atoms. The number of ketones is 1. The Hall–Kier alpha value is -1.72. The zero-order chi connectivity index (χ0) is 21.4. The van der Waals surface area contributed by atoms with Gasteiger partial charge in [-0.25, -0.2) is 0 Å². The third kappa shape index (κ3) is 3.13. The molecule has 2 heterocycles. The van der Waals surface area contributed by atoms with Crippen LogP contribution in [0.4, 0.5) is 0 Å². The molecule has 0 bridgehead atoms. The van der Waals surface area contributed by atoms with Crippen LogP contribution in [-0.4, -0.2) is 30.8 Å². The first-order valence-electron chi connectivity index (χ1n) is 11.6. The Labute approximate surface area is 179 Å². The van der Waals surface area contributed by atoms with Crippen molar-refractivity contribution in [2.75, 3.05) is 13.2 Å². The summed E-state index contributed by atoms with van der Waals surface area (Å²) in [4.78, 5) is 27.0. The van der Waals surface area contributed by atoms with E-state index < -0.39 is 11.2 Å². The Kier molecular flexibility index (Phi) is 6.04. The summed E-state index contributed by atoms with van der Waals surface area (Å²) in [5, 5.41) is 0. The number of unbranched alkanes of at least 4 members (excludes halogenated alkanes) is 1. The topological polar surface area (TPSA) is 61.8 Å². The van der Waals surface area contributed by atoms with E-state index in [1.165, 1.54) is 0 Å². The van der Waals surface area contributed by atoms with Gasteiger partial charge in [-0.15, -0.1) is 0 Å². The number of fused-ring (bicyclic) bond motifs is 3. The monoisotopic (exact) mass is 414 g/mol. The molecule has 2 fully saturated rings. The second-order valence-corrected chi connectivity index (χ2v) is 9.12. The summed E-state index contributed by atoms with van der Waals surface area (Å²) in [6, 6.07) is 7.64. The quantitative estimate of drug-likeness (QED) is 0.371. The maximum Gasteiger partial charge on any atom is 0.325 e. The molecule has 164 valence electrons. The lowest BCUT2D eigenvalue weighted by Gasteiger charge is -2.59. The van der Waals surface area contributed by atoms with Crippen LogP contribution in [-0.2, 0) is 19.1 Å². The molecule has 0 N–H and O–H groups in total. The van der Waals surface area contributed by atoms with E-state index in [1.807, 2.05) is 24.3 Å². The van der Waals surface area contributed by atoms with Crippen LogP contribution < -0.4 is 4.74 Å². The minimum absolute atomic E-state index is 0.00402. The first-order chi connectivity index (χ1) is 14.5. The standard InChI is InChI=1S/C25H34O5/c1-4-6-12-19-20(10-5-2)25(17(3)26)21(16-24(19)28-14-9-15-29-24)18-11-7-8-13-22(18)30-23(25)27/h7-8,11,13,19-21H,4-6,9-10,12,14-16H2,1-3H3. The molecule has 2 aliphatic heterocycles. The van der Waals surface area contributed by atoms with Gasteiger partial charge in [0.1, 0.15) is 16.9 Å². The molecule has 5 heteroatoms. The third-order valence-electron chi connectivity index (χ3n) is 7.54. The van der Waals surface area contributed by atoms with Gasteiger partial charge < -0.3 is 14.2 Å². The van der Waals surface area contributed by atoms with Crippen LogP contribution in [0.25, 0.3) is 0 Å². The normalized spacial score (nSPS) is 32.2. The molecule has 4 atom stereocenters. The molecule has 1 saturated heterocycles. The minimum atomic E-state index is -1.17. The second-order valence-electron chi connectivity index (χ2n) is 9.12. The molecule has 5 nitrogen and oxygen atoms in total. The van der Waals surface area contributed by atoms with E-state index in [-0.39, 0.29) is 29.5 Å². The van der Waals surface area contributed by atoms with E-state index in [4.69, 9.17) is 14.2 Å². The zero-order valence-electron chi connectivity index (χ0n) is 18.4. The van der Waals surface area contributed by atoms with Gasteiger partial charge in [0.25, 0.3) is 0 Å². The summed E-state index contributed by atoms with van der Waals surface area (Å²) in [5.74, 6) is -1.10. The van der Waals surface area contributed by atoms with E-state index in [1.54, 1.807) is 6.92 Å². The molecule has 1 aromatic carbocycles. The predicted octanol–water partition coefficient (Wildman–Crippen LogP) is 5.02. The number of rotatable bonds is 6. The highest BCUT2D eigenvalue weighted by atomic mass is 16.7. The smallest absolute Gasteiger partial charge is 0.325 e. The Morgan fingerprint density at radius 3 is 2.47 bits per heavy atom. The number of ether oxygens (including phenoxy) is 3. The fourth-order valence-corrected chi connectivity index (χ4v) is 6.33. The van der Waals surface area contributed by atoms with Crippen molar-refractivity contribution >= 4 is 11.8 Å².